The van der Waals surface area contributed by atoms with E-state index in [1.807, 2.05) is 70.4 Å². The fourth-order valence-corrected chi connectivity index (χ4v) is 4.55. The second-order valence-corrected chi connectivity index (χ2v) is 8.74. The van der Waals surface area contributed by atoms with Crippen LogP contribution in [0, 0.1) is 0 Å². The fraction of sp³-hybridized carbons (Fsp3) is 0.231. The molecule has 0 saturated carbocycles. The van der Waals surface area contributed by atoms with Crippen LogP contribution in [0.5, 0.6) is 0 Å². The fourth-order valence-electron chi connectivity index (χ4n) is 4.34. The zero-order valence-electron chi connectivity index (χ0n) is 18.1. The molecule has 1 amide bonds. The molecule has 0 bridgehead atoms. The Balaban J connectivity index is 1.31. The van der Waals surface area contributed by atoms with Crippen LogP contribution in [0.15, 0.2) is 79.4 Å². The Morgan fingerprint density at radius 1 is 1.06 bits per heavy atom. The van der Waals surface area contributed by atoms with Crippen molar-refractivity contribution in [1.29, 1.82) is 0 Å². The van der Waals surface area contributed by atoms with E-state index in [-0.39, 0.29) is 11.9 Å². The lowest BCUT2D eigenvalue weighted by atomic mass is 10.1. The van der Waals surface area contributed by atoms with Gasteiger partial charge in [0.2, 0.25) is 0 Å². The van der Waals surface area contributed by atoms with E-state index in [4.69, 9.17) is 16.6 Å². The summed E-state index contributed by atoms with van der Waals surface area (Å²) in [7, 11) is 0. The Morgan fingerprint density at radius 3 is 2.73 bits per heavy atom. The molecule has 2 aromatic carbocycles. The Bertz CT molecular complexity index is 1240. The SMILES string of the molecule is O=C(c1ccc(Cn2cccn2)cc1)N1CCC[C@@H]1c1cncc(Cc2cccc(Cl)c2)n1. The summed E-state index contributed by atoms with van der Waals surface area (Å²) in [6, 6.07) is 17.4. The molecule has 7 heteroatoms. The number of benzene rings is 2. The lowest BCUT2D eigenvalue weighted by Gasteiger charge is -2.24. The second-order valence-electron chi connectivity index (χ2n) is 8.30. The van der Waals surface area contributed by atoms with Gasteiger partial charge in [-0.05, 0) is 54.3 Å². The molecule has 0 unspecified atom stereocenters. The van der Waals surface area contributed by atoms with Crippen molar-refractivity contribution in [2.75, 3.05) is 6.54 Å². The molecule has 0 radical (unpaired) electrons. The minimum Gasteiger partial charge on any atom is -0.330 e. The Kier molecular flexibility index (Phi) is 6.17. The number of halogens is 1. The summed E-state index contributed by atoms with van der Waals surface area (Å²) in [5.74, 6) is 0.0326. The number of carbonyl (C=O) groups is 1. The minimum atomic E-state index is -0.0620. The van der Waals surface area contributed by atoms with Crippen molar-refractivity contribution in [3.63, 3.8) is 0 Å². The first kappa shape index (κ1) is 21.3. The third kappa shape index (κ3) is 4.96. The van der Waals surface area contributed by atoms with Crippen LogP contribution in [0.3, 0.4) is 0 Å². The average molecular weight is 458 g/mol. The molecule has 1 atom stereocenters. The first-order chi connectivity index (χ1) is 16.2. The number of carbonyl (C=O) groups excluding carboxylic acids is 1. The van der Waals surface area contributed by atoms with Gasteiger partial charge < -0.3 is 4.90 Å². The molecule has 5 rings (SSSR count). The first-order valence-electron chi connectivity index (χ1n) is 11.1. The van der Waals surface area contributed by atoms with Gasteiger partial charge in [0.25, 0.3) is 5.91 Å². The van der Waals surface area contributed by atoms with E-state index < -0.39 is 0 Å². The topological polar surface area (TPSA) is 63.9 Å². The average Bonchev–Trinajstić information content (AvgIpc) is 3.52. The smallest absolute Gasteiger partial charge is 0.254 e. The van der Waals surface area contributed by atoms with Gasteiger partial charge in [-0.15, -0.1) is 0 Å². The highest BCUT2D eigenvalue weighted by Gasteiger charge is 2.32. The summed E-state index contributed by atoms with van der Waals surface area (Å²) >= 11 is 6.12. The standard InChI is InChI=1S/C26H24ClN5O/c27-22-5-1-4-20(14-22)15-23-16-28-17-24(30-23)25-6-2-13-32(25)26(33)21-9-7-19(8-10-21)18-31-12-3-11-29-31/h1,3-5,7-12,14,16-17,25H,2,6,13,15,18H2/t25-/m1/s1. The molecule has 0 N–H and O–H groups in total. The molecular formula is C26H24ClN5O. The van der Waals surface area contributed by atoms with Gasteiger partial charge >= 0.3 is 0 Å². The Morgan fingerprint density at radius 2 is 1.94 bits per heavy atom. The molecule has 6 nitrogen and oxygen atoms in total. The van der Waals surface area contributed by atoms with Gasteiger partial charge in [-0.1, -0.05) is 35.9 Å². The van der Waals surface area contributed by atoms with E-state index in [9.17, 15) is 4.79 Å². The van der Waals surface area contributed by atoms with Gasteiger partial charge in [0.05, 0.1) is 30.2 Å². The van der Waals surface area contributed by atoms with Crippen LogP contribution in [0.2, 0.25) is 5.02 Å². The van der Waals surface area contributed by atoms with Crippen molar-refractivity contribution in [2.24, 2.45) is 0 Å². The third-order valence-electron chi connectivity index (χ3n) is 5.94. The van der Waals surface area contributed by atoms with Crippen LogP contribution < -0.4 is 0 Å². The highest BCUT2D eigenvalue weighted by Crippen LogP contribution is 2.32. The van der Waals surface area contributed by atoms with Gasteiger partial charge in [-0.2, -0.15) is 5.10 Å². The van der Waals surface area contributed by atoms with Crippen molar-refractivity contribution in [3.05, 3.63) is 112 Å². The molecular weight excluding hydrogens is 434 g/mol. The summed E-state index contributed by atoms with van der Waals surface area (Å²) in [6.45, 7) is 1.40. The van der Waals surface area contributed by atoms with E-state index in [0.29, 0.717) is 23.6 Å². The maximum atomic E-state index is 13.3. The van der Waals surface area contributed by atoms with Crippen molar-refractivity contribution >= 4 is 17.5 Å². The molecule has 1 saturated heterocycles. The van der Waals surface area contributed by atoms with Gasteiger partial charge in [-0.25, -0.2) is 0 Å². The largest absolute Gasteiger partial charge is 0.330 e. The summed E-state index contributed by atoms with van der Waals surface area (Å²) < 4.78 is 1.86. The van der Waals surface area contributed by atoms with Crippen LogP contribution in [0.1, 0.15) is 51.8 Å². The molecule has 4 aromatic rings. The molecule has 0 aliphatic carbocycles. The minimum absolute atomic E-state index is 0.0326. The van der Waals surface area contributed by atoms with Gasteiger partial charge in [0, 0.05) is 42.1 Å². The maximum Gasteiger partial charge on any atom is 0.254 e. The molecule has 1 aliphatic heterocycles. The lowest BCUT2D eigenvalue weighted by molar-refractivity contribution is 0.0732. The third-order valence-corrected chi connectivity index (χ3v) is 6.17. The number of nitrogens with zero attached hydrogens (tertiary/aromatic N) is 5. The summed E-state index contributed by atoms with van der Waals surface area (Å²) in [6.07, 6.45) is 9.74. The predicted molar refractivity (Wildman–Crippen MR) is 127 cm³/mol. The predicted octanol–water partition coefficient (Wildman–Crippen LogP) is 4.94. The van der Waals surface area contributed by atoms with E-state index in [2.05, 4.69) is 10.1 Å². The summed E-state index contributed by atoms with van der Waals surface area (Å²) in [5, 5.41) is 4.94. The molecule has 2 aromatic heterocycles. The number of likely N-dealkylation sites (tertiary alicyclic amines) is 1. The lowest BCUT2D eigenvalue weighted by Crippen LogP contribution is -2.31. The molecule has 166 valence electrons. The van der Waals surface area contributed by atoms with Crippen LogP contribution in [-0.4, -0.2) is 37.1 Å². The summed E-state index contributed by atoms with van der Waals surface area (Å²) in [4.78, 5) is 24.5. The highest BCUT2D eigenvalue weighted by molar-refractivity contribution is 6.30. The van der Waals surface area contributed by atoms with Gasteiger partial charge in [0.15, 0.2) is 0 Å². The van der Waals surface area contributed by atoms with Crippen LogP contribution in [0.4, 0.5) is 0 Å². The monoisotopic (exact) mass is 457 g/mol. The van der Waals surface area contributed by atoms with E-state index in [1.54, 1.807) is 18.6 Å². The van der Waals surface area contributed by atoms with E-state index in [0.717, 1.165) is 41.9 Å². The molecule has 3 heterocycles. The molecule has 33 heavy (non-hydrogen) atoms. The zero-order chi connectivity index (χ0) is 22.6. The Hall–Kier alpha value is -3.51. The number of amides is 1. The normalized spacial score (nSPS) is 15.7. The van der Waals surface area contributed by atoms with Crippen LogP contribution in [-0.2, 0) is 13.0 Å². The Labute approximate surface area is 197 Å². The number of rotatable bonds is 6. The van der Waals surface area contributed by atoms with Crippen molar-refractivity contribution in [1.82, 2.24) is 24.6 Å². The van der Waals surface area contributed by atoms with Crippen molar-refractivity contribution in [3.8, 4) is 0 Å². The molecule has 1 aliphatic rings. The number of hydrogen-bond donors (Lipinski definition) is 0. The zero-order valence-corrected chi connectivity index (χ0v) is 18.9. The number of hydrogen-bond acceptors (Lipinski definition) is 4. The van der Waals surface area contributed by atoms with Crippen molar-refractivity contribution in [2.45, 2.75) is 31.8 Å². The number of aromatic nitrogens is 4. The second kappa shape index (κ2) is 9.55. The first-order valence-corrected chi connectivity index (χ1v) is 11.5. The van der Waals surface area contributed by atoms with Gasteiger partial charge in [-0.3, -0.25) is 19.4 Å². The van der Waals surface area contributed by atoms with E-state index >= 15 is 0 Å². The van der Waals surface area contributed by atoms with E-state index in [1.165, 1.54) is 0 Å². The van der Waals surface area contributed by atoms with Crippen LogP contribution >= 0.6 is 11.6 Å². The summed E-state index contributed by atoms with van der Waals surface area (Å²) in [5.41, 5.74) is 4.60. The van der Waals surface area contributed by atoms with Gasteiger partial charge in [0.1, 0.15) is 0 Å². The highest BCUT2D eigenvalue weighted by atomic mass is 35.5. The quantitative estimate of drug-likeness (QED) is 0.411. The molecule has 0 spiro atoms. The van der Waals surface area contributed by atoms with Crippen molar-refractivity contribution < 1.29 is 4.79 Å². The molecule has 1 fully saturated rings. The maximum absolute atomic E-state index is 13.3. The van der Waals surface area contributed by atoms with Crippen LogP contribution in [0.25, 0.3) is 0 Å².